The largest absolute Gasteiger partial charge is 0.453 e. The number of hydrogen-bond acceptors (Lipinski definition) is 9. The van der Waals surface area contributed by atoms with Gasteiger partial charge in [0, 0.05) is 62.3 Å². The molecule has 0 saturated carbocycles. The van der Waals surface area contributed by atoms with Crippen molar-refractivity contribution in [3.8, 4) is 11.6 Å². The fraction of sp³-hybridized carbons (Fsp3) is 0.276. The highest BCUT2D eigenvalue weighted by Gasteiger charge is 2.34. The monoisotopic (exact) mass is 595 g/mol. The highest BCUT2D eigenvalue weighted by atomic mass is 19.4. The van der Waals surface area contributed by atoms with Crippen molar-refractivity contribution in [2.75, 3.05) is 51.0 Å². The first-order valence-electron chi connectivity index (χ1n) is 13.3. The van der Waals surface area contributed by atoms with E-state index in [9.17, 15) is 22.8 Å². The number of anilines is 2. The van der Waals surface area contributed by atoms with Crippen LogP contribution in [0.4, 0.5) is 29.6 Å². The van der Waals surface area contributed by atoms with Gasteiger partial charge in [0.1, 0.15) is 11.4 Å². The van der Waals surface area contributed by atoms with E-state index in [2.05, 4.69) is 35.2 Å². The number of halogens is 3. The number of carbonyl (C=O) groups excluding carboxylic acids is 2. The van der Waals surface area contributed by atoms with Crippen LogP contribution in [0.1, 0.15) is 21.6 Å². The minimum absolute atomic E-state index is 0.0124. The highest BCUT2D eigenvalue weighted by Crippen LogP contribution is 2.35. The van der Waals surface area contributed by atoms with Crippen LogP contribution in [-0.2, 0) is 17.5 Å². The number of aromatic nitrogens is 3. The van der Waals surface area contributed by atoms with E-state index in [0.717, 1.165) is 19.2 Å². The molecular formula is C29H28F3N7O4. The van der Waals surface area contributed by atoms with Gasteiger partial charge in [-0.05, 0) is 54.4 Å². The Bertz CT molecular complexity index is 1640. The van der Waals surface area contributed by atoms with E-state index >= 15 is 0 Å². The number of piperazine rings is 1. The van der Waals surface area contributed by atoms with Crippen molar-refractivity contribution >= 4 is 34.4 Å². The highest BCUT2D eigenvalue weighted by molar-refractivity contribution is 6.11. The zero-order valence-electron chi connectivity index (χ0n) is 23.3. The smallest absolute Gasteiger partial charge is 0.416 e. The number of likely N-dealkylation sites (N-methyl/N-ethyl adjacent to an activating group) is 1. The zero-order chi connectivity index (χ0) is 30.6. The first kappa shape index (κ1) is 29.7. The van der Waals surface area contributed by atoms with Crippen LogP contribution in [0.5, 0.6) is 11.6 Å². The zero-order valence-corrected chi connectivity index (χ0v) is 23.3. The van der Waals surface area contributed by atoms with E-state index in [1.807, 2.05) is 11.9 Å². The van der Waals surface area contributed by atoms with Gasteiger partial charge in [0.05, 0.1) is 12.7 Å². The Morgan fingerprint density at radius 1 is 0.953 bits per heavy atom. The SMILES string of the molecule is COC(=O)Nc1nccc(Oc2ccc3c(C(=O)Nc4ccc(CN5CCN(C)CC5)c(C(F)(F)F)c4)nccc3c2)n1. The summed E-state index contributed by atoms with van der Waals surface area (Å²) in [4.78, 5) is 40.9. The first-order chi connectivity index (χ1) is 20.6. The fourth-order valence-corrected chi connectivity index (χ4v) is 4.62. The Hall–Kier alpha value is -4.82. The van der Waals surface area contributed by atoms with Gasteiger partial charge in [0.25, 0.3) is 5.91 Å². The summed E-state index contributed by atoms with van der Waals surface area (Å²) in [6.07, 6.45) is -2.51. The Balaban J connectivity index is 1.33. The second-order valence-corrected chi connectivity index (χ2v) is 9.88. The fourth-order valence-electron chi connectivity index (χ4n) is 4.62. The summed E-state index contributed by atoms with van der Waals surface area (Å²) in [6.45, 7) is 3.11. The molecule has 0 bridgehead atoms. The number of amides is 2. The van der Waals surface area contributed by atoms with Crippen molar-refractivity contribution in [3.05, 3.63) is 77.7 Å². The molecule has 14 heteroatoms. The number of alkyl halides is 3. The van der Waals surface area contributed by atoms with E-state index in [1.54, 1.807) is 24.3 Å². The van der Waals surface area contributed by atoms with Crippen LogP contribution in [0.15, 0.2) is 60.9 Å². The predicted molar refractivity (Wildman–Crippen MR) is 152 cm³/mol. The second kappa shape index (κ2) is 12.6. The van der Waals surface area contributed by atoms with Gasteiger partial charge in [-0.2, -0.15) is 18.2 Å². The van der Waals surface area contributed by atoms with Gasteiger partial charge >= 0.3 is 12.3 Å². The first-order valence-corrected chi connectivity index (χ1v) is 13.3. The molecule has 0 spiro atoms. The number of ether oxygens (including phenoxy) is 2. The summed E-state index contributed by atoms with van der Waals surface area (Å²) in [6, 6.07) is 11.9. The minimum atomic E-state index is -4.59. The second-order valence-electron chi connectivity index (χ2n) is 9.88. The Morgan fingerprint density at radius 3 is 2.47 bits per heavy atom. The summed E-state index contributed by atoms with van der Waals surface area (Å²) < 4.78 is 52.3. The molecule has 2 N–H and O–H groups in total. The van der Waals surface area contributed by atoms with Crippen molar-refractivity contribution in [2.45, 2.75) is 12.7 Å². The van der Waals surface area contributed by atoms with Crippen LogP contribution in [0.2, 0.25) is 0 Å². The van der Waals surface area contributed by atoms with Crippen LogP contribution >= 0.6 is 0 Å². The molecule has 3 heterocycles. The van der Waals surface area contributed by atoms with Crippen LogP contribution in [0.25, 0.3) is 10.8 Å². The average molecular weight is 596 g/mol. The number of methoxy groups -OCH3 is 1. The summed E-state index contributed by atoms with van der Waals surface area (Å²) in [5.74, 6) is -0.161. The number of nitrogens with zero attached hydrogens (tertiary/aromatic N) is 5. The molecule has 1 aliphatic heterocycles. The molecule has 43 heavy (non-hydrogen) atoms. The topological polar surface area (TPSA) is 122 Å². The van der Waals surface area contributed by atoms with Crippen LogP contribution in [-0.4, -0.2) is 77.1 Å². The van der Waals surface area contributed by atoms with Crippen LogP contribution in [0.3, 0.4) is 0 Å². The molecule has 0 unspecified atom stereocenters. The summed E-state index contributed by atoms with van der Waals surface area (Å²) >= 11 is 0. The number of fused-ring (bicyclic) bond motifs is 1. The molecule has 1 fully saturated rings. The van der Waals surface area contributed by atoms with Crippen molar-refractivity contribution in [1.82, 2.24) is 24.8 Å². The van der Waals surface area contributed by atoms with Gasteiger partial charge in [-0.3, -0.25) is 20.0 Å². The molecule has 5 rings (SSSR count). The maximum absolute atomic E-state index is 14.0. The maximum Gasteiger partial charge on any atom is 0.416 e. The lowest BCUT2D eigenvalue weighted by molar-refractivity contribution is -0.138. The Labute approximate surface area is 244 Å². The van der Waals surface area contributed by atoms with E-state index in [1.165, 1.54) is 37.7 Å². The number of benzene rings is 2. The lowest BCUT2D eigenvalue weighted by Gasteiger charge is -2.33. The molecule has 1 saturated heterocycles. The van der Waals surface area contributed by atoms with Crippen LogP contribution < -0.4 is 15.4 Å². The van der Waals surface area contributed by atoms with Crippen molar-refractivity contribution in [2.24, 2.45) is 0 Å². The van der Waals surface area contributed by atoms with E-state index < -0.39 is 23.7 Å². The van der Waals surface area contributed by atoms with Gasteiger partial charge in [-0.25, -0.2) is 9.78 Å². The van der Waals surface area contributed by atoms with Gasteiger partial charge in [-0.1, -0.05) is 6.07 Å². The van der Waals surface area contributed by atoms with Crippen LogP contribution in [0, 0.1) is 0 Å². The molecule has 2 amide bonds. The van der Waals surface area contributed by atoms with Gasteiger partial charge in [-0.15, -0.1) is 0 Å². The lowest BCUT2D eigenvalue weighted by Crippen LogP contribution is -2.44. The molecule has 0 atom stereocenters. The molecule has 0 aliphatic carbocycles. The summed E-state index contributed by atoms with van der Waals surface area (Å²) in [5.41, 5.74) is -0.585. The molecule has 0 radical (unpaired) electrons. The maximum atomic E-state index is 14.0. The van der Waals surface area contributed by atoms with Crippen molar-refractivity contribution < 1.29 is 32.2 Å². The standard InChI is InChI=1S/C29H28F3N7O4/c1-38-11-13-39(14-12-38)17-19-3-4-20(16-23(19)29(30,31)32)35-26(40)25-22-6-5-21(15-18(22)7-9-33-25)43-24-8-10-34-27(36-24)37-28(41)42-2/h3-10,15-16H,11-14,17H2,1-2H3,(H,35,40)(H,34,36,37,41). The molecule has 4 aromatic rings. The summed E-state index contributed by atoms with van der Waals surface area (Å²) in [7, 11) is 3.19. The molecule has 2 aromatic carbocycles. The Morgan fingerprint density at radius 2 is 1.72 bits per heavy atom. The van der Waals surface area contributed by atoms with E-state index in [0.29, 0.717) is 29.6 Å². The third-order valence-corrected chi connectivity index (χ3v) is 6.87. The number of nitrogens with one attached hydrogen (secondary N) is 2. The average Bonchev–Trinajstić information content (AvgIpc) is 2.98. The third-order valence-electron chi connectivity index (χ3n) is 6.87. The third kappa shape index (κ3) is 7.34. The summed E-state index contributed by atoms with van der Waals surface area (Å²) in [5, 5.41) is 5.96. The number of carbonyl (C=O) groups is 2. The van der Waals surface area contributed by atoms with Gasteiger partial charge < -0.3 is 19.7 Å². The van der Waals surface area contributed by atoms with Crippen molar-refractivity contribution in [3.63, 3.8) is 0 Å². The lowest BCUT2D eigenvalue weighted by atomic mass is 10.0. The quantitative estimate of drug-likeness (QED) is 0.304. The number of rotatable bonds is 7. The van der Waals surface area contributed by atoms with Crippen molar-refractivity contribution in [1.29, 1.82) is 0 Å². The number of pyridine rings is 1. The molecule has 2 aromatic heterocycles. The predicted octanol–water partition coefficient (Wildman–Crippen LogP) is 5.01. The normalized spacial score (nSPS) is 14.3. The number of hydrogen-bond donors (Lipinski definition) is 2. The van der Waals surface area contributed by atoms with Gasteiger partial charge in [0.15, 0.2) is 0 Å². The molecular weight excluding hydrogens is 567 g/mol. The van der Waals surface area contributed by atoms with E-state index in [4.69, 9.17) is 4.74 Å². The van der Waals surface area contributed by atoms with Gasteiger partial charge in [0.2, 0.25) is 11.8 Å². The molecule has 1 aliphatic rings. The molecule has 11 nitrogen and oxygen atoms in total. The minimum Gasteiger partial charge on any atom is -0.453 e. The van der Waals surface area contributed by atoms with E-state index in [-0.39, 0.29) is 35.3 Å². The Kier molecular flexibility index (Phi) is 8.68. The molecule has 224 valence electrons.